The van der Waals surface area contributed by atoms with Gasteiger partial charge in [-0.1, -0.05) is 42.5 Å². The molecule has 3 aromatic carbocycles. The number of hydrogen-bond acceptors (Lipinski definition) is 4. The molecule has 164 valence electrons. The Morgan fingerprint density at radius 2 is 1.62 bits per heavy atom. The number of anilines is 1. The molecule has 0 fully saturated rings. The fourth-order valence-electron chi connectivity index (χ4n) is 3.35. The van der Waals surface area contributed by atoms with Crippen molar-refractivity contribution in [1.29, 1.82) is 0 Å². The molecule has 0 spiro atoms. The molecule has 0 aliphatic carbocycles. The van der Waals surface area contributed by atoms with Crippen LogP contribution < -0.4 is 15.4 Å². The molecule has 0 heterocycles. The topological polar surface area (TPSA) is 84.5 Å². The third-order valence-electron chi connectivity index (χ3n) is 5.03. The van der Waals surface area contributed by atoms with Crippen LogP contribution in [0.15, 0.2) is 72.8 Å². The number of ketones is 1. The van der Waals surface area contributed by atoms with Gasteiger partial charge in [-0.2, -0.15) is 0 Å². The lowest BCUT2D eigenvalue weighted by Crippen LogP contribution is -2.27. The number of para-hydroxylation sites is 1. The maximum Gasteiger partial charge on any atom is 0.253 e. The van der Waals surface area contributed by atoms with E-state index < -0.39 is 0 Å². The monoisotopic (exact) mass is 430 g/mol. The summed E-state index contributed by atoms with van der Waals surface area (Å²) in [4.78, 5) is 37.1. The lowest BCUT2D eigenvalue weighted by Gasteiger charge is -2.13. The van der Waals surface area contributed by atoms with Gasteiger partial charge in [0.15, 0.2) is 5.78 Å². The second kappa shape index (κ2) is 10.9. The lowest BCUT2D eigenvalue weighted by atomic mass is 10.0. The SMILES string of the molecule is COc1ccc(C(C)=O)cc1CC(=O)Nc1ccccc1C(=O)NCCc1ccccc1. The molecule has 3 aromatic rings. The van der Waals surface area contributed by atoms with Crippen LogP contribution in [0.5, 0.6) is 5.75 Å². The Hall–Kier alpha value is -3.93. The summed E-state index contributed by atoms with van der Waals surface area (Å²) in [5.41, 5.74) is 3.06. The molecule has 32 heavy (non-hydrogen) atoms. The van der Waals surface area contributed by atoms with Crippen molar-refractivity contribution >= 4 is 23.3 Å². The summed E-state index contributed by atoms with van der Waals surface area (Å²) >= 11 is 0. The number of carbonyl (C=O) groups is 3. The van der Waals surface area contributed by atoms with Crippen molar-refractivity contribution < 1.29 is 19.1 Å². The van der Waals surface area contributed by atoms with E-state index in [1.165, 1.54) is 14.0 Å². The van der Waals surface area contributed by atoms with Crippen molar-refractivity contribution in [2.24, 2.45) is 0 Å². The molecule has 0 unspecified atom stereocenters. The van der Waals surface area contributed by atoms with Gasteiger partial charge in [0, 0.05) is 17.7 Å². The van der Waals surface area contributed by atoms with Crippen LogP contribution in [0, 0.1) is 0 Å². The minimum Gasteiger partial charge on any atom is -0.496 e. The predicted molar refractivity (Wildman–Crippen MR) is 124 cm³/mol. The van der Waals surface area contributed by atoms with E-state index in [1.807, 2.05) is 30.3 Å². The van der Waals surface area contributed by atoms with E-state index in [9.17, 15) is 14.4 Å². The van der Waals surface area contributed by atoms with Gasteiger partial charge in [0.2, 0.25) is 5.91 Å². The molecular weight excluding hydrogens is 404 g/mol. The predicted octanol–water partition coefficient (Wildman–Crippen LogP) is 4.05. The summed E-state index contributed by atoms with van der Waals surface area (Å²) in [6.07, 6.45) is 0.724. The molecule has 0 saturated carbocycles. The Bertz CT molecular complexity index is 1110. The normalized spacial score (nSPS) is 10.3. The van der Waals surface area contributed by atoms with E-state index in [1.54, 1.807) is 42.5 Å². The number of nitrogens with one attached hydrogen (secondary N) is 2. The van der Waals surface area contributed by atoms with Crippen LogP contribution in [-0.4, -0.2) is 31.3 Å². The molecule has 0 aromatic heterocycles. The van der Waals surface area contributed by atoms with Crippen molar-refractivity contribution in [3.8, 4) is 5.75 Å². The molecular formula is C26H26N2O4. The average Bonchev–Trinajstić information content (AvgIpc) is 2.80. The Morgan fingerprint density at radius 3 is 2.34 bits per heavy atom. The fourth-order valence-corrected chi connectivity index (χ4v) is 3.35. The fraction of sp³-hybridized carbons (Fsp3) is 0.192. The first-order chi connectivity index (χ1) is 15.5. The average molecular weight is 431 g/mol. The molecule has 0 aliphatic heterocycles. The van der Waals surface area contributed by atoms with Gasteiger partial charge in [0.05, 0.1) is 24.8 Å². The van der Waals surface area contributed by atoms with Crippen LogP contribution in [0.1, 0.15) is 38.8 Å². The smallest absolute Gasteiger partial charge is 0.253 e. The lowest BCUT2D eigenvalue weighted by molar-refractivity contribution is -0.115. The maximum absolute atomic E-state index is 12.7. The number of carbonyl (C=O) groups excluding carboxylic acids is 3. The Labute approximate surface area is 187 Å². The van der Waals surface area contributed by atoms with Gasteiger partial charge in [0.1, 0.15) is 5.75 Å². The number of benzene rings is 3. The summed E-state index contributed by atoms with van der Waals surface area (Å²) in [7, 11) is 1.51. The summed E-state index contributed by atoms with van der Waals surface area (Å²) in [5, 5.41) is 5.71. The van der Waals surface area contributed by atoms with E-state index in [2.05, 4.69) is 10.6 Å². The van der Waals surface area contributed by atoms with Gasteiger partial charge in [-0.25, -0.2) is 0 Å². The molecule has 2 amide bonds. The Balaban J connectivity index is 1.66. The van der Waals surface area contributed by atoms with Gasteiger partial charge in [-0.3, -0.25) is 14.4 Å². The molecule has 3 rings (SSSR count). The number of hydrogen-bond donors (Lipinski definition) is 2. The van der Waals surface area contributed by atoms with Crippen LogP contribution in [0.4, 0.5) is 5.69 Å². The van der Waals surface area contributed by atoms with Gasteiger partial charge in [-0.05, 0) is 49.2 Å². The molecule has 0 bridgehead atoms. The number of Topliss-reactive ketones (excluding diaryl/α,β-unsaturated/α-hetero) is 1. The van der Waals surface area contributed by atoms with Gasteiger partial charge < -0.3 is 15.4 Å². The highest BCUT2D eigenvalue weighted by molar-refractivity contribution is 6.04. The van der Waals surface area contributed by atoms with E-state index >= 15 is 0 Å². The van der Waals surface area contributed by atoms with Crippen LogP contribution in [0.2, 0.25) is 0 Å². The summed E-state index contributed by atoms with van der Waals surface area (Å²) in [6.45, 7) is 1.96. The number of methoxy groups -OCH3 is 1. The maximum atomic E-state index is 12.7. The largest absolute Gasteiger partial charge is 0.496 e. The van der Waals surface area contributed by atoms with Crippen LogP contribution in [0.3, 0.4) is 0 Å². The zero-order valence-electron chi connectivity index (χ0n) is 18.2. The van der Waals surface area contributed by atoms with E-state index in [0.29, 0.717) is 41.1 Å². The van der Waals surface area contributed by atoms with E-state index in [4.69, 9.17) is 4.74 Å². The molecule has 0 aliphatic rings. The van der Waals surface area contributed by atoms with Crippen molar-refractivity contribution in [1.82, 2.24) is 5.32 Å². The highest BCUT2D eigenvalue weighted by atomic mass is 16.5. The van der Waals surface area contributed by atoms with E-state index in [-0.39, 0.29) is 24.0 Å². The standard InChI is InChI=1S/C26H26N2O4/c1-18(29)20-12-13-24(32-2)21(16-20)17-25(30)28-23-11-7-6-10-22(23)26(31)27-15-14-19-8-4-3-5-9-19/h3-13,16H,14-15,17H2,1-2H3,(H,27,31)(H,28,30). The van der Waals surface area contributed by atoms with Crippen molar-refractivity contribution in [2.45, 2.75) is 19.8 Å². The minimum atomic E-state index is -0.312. The zero-order chi connectivity index (χ0) is 22.9. The number of amides is 2. The molecule has 2 N–H and O–H groups in total. The number of ether oxygens (including phenoxy) is 1. The zero-order valence-corrected chi connectivity index (χ0v) is 18.2. The van der Waals surface area contributed by atoms with Gasteiger partial charge >= 0.3 is 0 Å². The summed E-state index contributed by atoms with van der Waals surface area (Å²) in [6, 6.07) is 21.8. The van der Waals surface area contributed by atoms with E-state index in [0.717, 1.165) is 5.56 Å². The Kier molecular flexibility index (Phi) is 7.75. The Morgan fingerprint density at radius 1 is 0.906 bits per heavy atom. The molecule has 0 radical (unpaired) electrons. The van der Waals surface area contributed by atoms with Crippen LogP contribution in [0.25, 0.3) is 0 Å². The quantitative estimate of drug-likeness (QED) is 0.502. The highest BCUT2D eigenvalue weighted by Gasteiger charge is 2.15. The third-order valence-corrected chi connectivity index (χ3v) is 5.03. The molecule has 0 saturated heterocycles. The molecule has 6 heteroatoms. The first-order valence-corrected chi connectivity index (χ1v) is 10.4. The third kappa shape index (κ3) is 6.04. The van der Waals surface area contributed by atoms with Crippen molar-refractivity contribution in [2.75, 3.05) is 19.0 Å². The minimum absolute atomic E-state index is 0.00819. The van der Waals surface area contributed by atoms with Crippen LogP contribution in [-0.2, 0) is 17.6 Å². The second-order valence-corrected chi connectivity index (χ2v) is 7.34. The van der Waals surface area contributed by atoms with Gasteiger partial charge in [0.25, 0.3) is 5.91 Å². The summed E-state index contributed by atoms with van der Waals surface area (Å²) < 4.78 is 5.32. The van der Waals surface area contributed by atoms with Crippen molar-refractivity contribution in [3.63, 3.8) is 0 Å². The highest BCUT2D eigenvalue weighted by Crippen LogP contribution is 2.22. The van der Waals surface area contributed by atoms with Gasteiger partial charge in [-0.15, -0.1) is 0 Å². The first kappa shape index (κ1) is 22.7. The number of rotatable bonds is 9. The second-order valence-electron chi connectivity index (χ2n) is 7.34. The molecule has 6 nitrogen and oxygen atoms in total. The first-order valence-electron chi connectivity index (χ1n) is 10.4. The summed E-state index contributed by atoms with van der Waals surface area (Å²) in [5.74, 6) is -0.134. The van der Waals surface area contributed by atoms with Crippen LogP contribution >= 0.6 is 0 Å². The molecule has 0 atom stereocenters. The van der Waals surface area contributed by atoms with Crippen molar-refractivity contribution in [3.05, 3.63) is 95.1 Å².